The summed E-state index contributed by atoms with van der Waals surface area (Å²) in [6, 6.07) is 13.1. The van der Waals surface area contributed by atoms with Crippen molar-refractivity contribution in [1.29, 1.82) is 0 Å². The van der Waals surface area contributed by atoms with Crippen LogP contribution in [0.4, 0.5) is 19.0 Å². The van der Waals surface area contributed by atoms with Gasteiger partial charge in [0, 0.05) is 5.56 Å². The largest absolute Gasteiger partial charge is 0.423 e. The second-order valence-corrected chi connectivity index (χ2v) is 7.58. The molecule has 0 amide bonds. The molecule has 5 nitrogen and oxygen atoms in total. The first-order valence-corrected chi connectivity index (χ1v) is 9.30. The molecule has 1 N–H and O–H groups in total. The Kier molecular flexibility index (Phi) is 4.73. The van der Waals surface area contributed by atoms with Gasteiger partial charge < -0.3 is 4.52 Å². The number of nitrogens with one attached hydrogen (secondary N) is 1. The highest BCUT2D eigenvalue weighted by Crippen LogP contribution is 2.38. The number of sulfonamides is 1. The average molecular weight is 396 g/mol. The molecule has 1 aromatic heterocycles. The molecule has 9 heteroatoms. The summed E-state index contributed by atoms with van der Waals surface area (Å²) in [6.45, 7) is 2.95. The molecule has 0 spiro atoms. The number of hydrogen-bond acceptors (Lipinski definition) is 4. The molecule has 0 aliphatic heterocycles. The van der Waals surface area contributed by atoms with Gasteiger partial charge in [0.1, 0.15) is 11.3 Å². The van der Waals surface area contributed by atoms with Crippen LogP contribution in [0, 0.1) is 13.8 Å². The van der Waals surface area contributed by atoms with Crippen LogP contribution in [0.15, 0.2) is 57.9 Å². The number of aryl methyl sites for hydroxylation is 2. The zero-order valence-electron chi connectivity index (χ0n) is 14.3. The van der Waals surface area contributed by atoms with Gasteiger partial charge in [0.2, 0.25) is 0 Å². The molecule has 0 aliphatic rings. The van der Waals surface area contributed by atoms with Crippen LogP contribution in [0.2, 0.25) is 0 Å². The average Bonchev–Trinajstić information content (AvgIpc) is 2.95. The molecule has 27 heavy (non-hydrogen) atoms. The number of anilines is 1. The quantitative estimate of drug-likeness (QED) is 0.689. The number of aromatic nitrogens is 1. The van der Waals surface area contributed by atoms with Crippen molar-refractivity contribution in [2.75, 3.05) is 4.72 Å². The van der Waals surface area contributed by atoms with E-state index in [4.69, 9.17) is 0 Å². The molecule has 142 valence electrons. The van der Waals surface area contributed by atoms with Crippen LogP contribution in [0.25, 0.3) is 11.1 Å². The Bertz CT molecular complexity index is 1070. The predicted molar refractivity (Wildman–Crippen MR) is 93.7 cm³/mol. The Balaban J connectivity index is 2.07. The van der Waals surface area contributed by atoms with Gasteiger partial charge >= 0.3 is 6.18 Å². The summed E-state index contributed by atoms with van der Waals surface area (Å²) < 4.78 is 71.5. The van der Waals surface area contributed by atoms with E-state index in [2.05, 4.69) is 9.68 Å². The molecule has 2 aromatic carbocycles. The van der Waals surface area contributed by atoms with Gasteiger partial charge in [0.15, 0.2) is 5.82 Å². The Hall–Kier alpha value is -2.81. The minimum Gasteiger partial charge on any atom is -0.359 e. The van der Waals surface area contributed by atoms with Crippen LogP contribution in [0.5, 0.6) is 0 Å². The van der Waals surface area contributed by atoms with Crippen LogP contribution in [0.1, 0.15) is 16.9 Å². The fourth-order valence-electron chi connectivity index (χ4n) is 2.63. The van der Waals surface area contributed by atoms with Gasteiger partial charge in [-0.15, -0.1) is 0 Å². The van der Waals surface area contributed by atoms with Crippen LogP contribution >= 0.6 is 0 Å². The van der Waals surface area contributed by atoms with E-state index in [1.165, 1.54) is 12.1 Å². The van der Waals surface area contributed by atoms with E-state index >= 15 is 0 Å². The molecule has 0 atom stereocenters. The van der Waals surface area contributed by atoms with E-state index in [1.807, 2.05) is 23.8 Å². The number of alkyl halides is 3. The molecule has 0 fully saturated rings. The van der Waals surface area contributed by atoms with Crippen LogP contribution < -0.4 is 4.72 Å². The molecule has 3 rings (SSSR count). The summed E-state index contributed by atoms with van der Waals surface area (Å²) in [6.07, 6.45) is -4.81. The zero-order valence-corrected chi connectivity index (χ0v) is 15.1. The maximum absolute atomic E-state index is 13.2. The van der Waals surface area contributed by atoms with E-state index in [1.54, 1.807) is 24.3 Å². The minimum absolute atomic E-state index is 0.164. The lowest BCUT2D eigenvalue weighted by molar-refractivity contribution is -0.137. The SMILES string of the molecule is Cc1ccc(-c2ccccc2S(=O)(=O)Nc2noc(C)c2C(F)(F)F)cc1. The molecule has 0 saturated heterocycles. The third kappa shape index (κ3) is 3.82. The second-order valence-electron chi connectivity index (χ2n) is 5.93. The first-order valence-electron chi connectivity index (χ1n) is 7.82. The summed E-state index contributed by atoms with van der Waals surface area (Å²) >= 11 is 0. The molecule has 3 aromatic rings. The van der Waals surface area contributed by atoms with Crippen molar-refractivity contribution in [2.45, 2.75) is 24.9 Å². The molecule has 0 radical (unpaired) electrons. The molecule has 0 bridgehead atoms. The Morgan fingerprint density at radius 1 is 1.00 bits per heavy atom. The number of rotatable bonds is 4. The predicted octanol–water partition coefficient (Wildman–Crippen LogP) is 4.78. The topological polar surface area (TPSA) is 72.2 Å². The van der Waals surface area contributed by atoms with Gasteiger partial charge in [-0.3, -0.25) is 4.72 Å². The van der Waals surface area contributed by atoms with Crippen LogP contribution in [-0.4, -0.2) is 13.6 Å². The van der Waals surface area contributed by atoms with Crippen molar-refractivity contribution in [3.8, 4) is 11.1 Å². The van der Waals surface area contributed by atoms with Gasteiger partial charge in [0.25, 0.3) is 10.0 Å². The summed E-state index contributed by atoms with van der Waals surface area (Å²) in [5.74, 6) is -1.41. The maximum atomic E-state index is 13.2. The van der Waals surface area contributed by atoms with Crippen molar-refractivity contribution in [1.82, 2.24) is 5.16 Å². The van der Waals surface area contributed by atoms with Crippen LogP contribution in [0.3, 0.4) is 0 Å². The van der Waals surface area contributed by atoms with E-state index < -0.39 is 33.3 Å². The van der Waals surface area contributed by atoms with Gasteiger partial charge in [0.05, 0.1) is 4.90 Å². The van der Waals surface area contributed by atoms with Crippen molar-refractivity contribution < 1.29 is 26.1 Å². The Morgan fingerprint density at radius 2 is 1.63 bits per heavy atom. The number of halogens is 3. The number of hydrogen-bond donors (Lipinski definition) is 1. The summed E-state index contributed by atoms with van der Waals surface area (Å²) in [4.78, 5) is -0.164. The fourth-order valence-corrected chi connectivity index (χ4v) is 3.87. The van der Waals surface area contributed by atoms with Gasteiger partial charge in [-0.05, 0) is 25.5 Å². The molecule has 1 heterocycles. The van der Waals surface area contributed by atoms with Crippen molar-refractivity contribution >= 4 is 15.8 Å². The first-order chi connectivity index (χ1) is 12.6. The van der Waals surface area contributed by atoms with E-state index in [9.17, 15) is 21.6 Å². The molecule has 0 unspecified atom stereocenters. The van der Waals surface area contributed by atoms with Crippen molar-refractivity contribution in [3.63, 3.8) is 0 Å². The second kappa shape index (κ2) is 6.73. The lowest BCUT2D eigenvalue weighted by atomic mass is 10.0. The fraction of sp³-hybridized carbons (Fsp3) is 0.167. The molecule has 0 aliphatic carbocycles. The smallest absolute Gasteiger partial charge is 0.359 e. The van der Waals surface area contributed by atoms with E-state index in [-0.39, 0.29) is 4.90 Å². The highest BCUT2D eigenvalue weighted by molar-refractivity contribution is 7.92. The van der Waals surface area contributed by atoms with E-state index in [0.717, 1.165) is 12.5 Å². The number of nitrogens with zero attached hydrogens (tertiary/aromatic N) is 1. The Morgan fingerprint density at radius 3 is 2.26 bits per heavy atom. The summed E-state index contributed by atoms with van der Waals surface area (Å²) in [5.41, 5.74) is 0.719. The van der Waals surface area contributed by atoms with Crippen molar-refractivity contribution in [3.05, 3.63) is 65.4 Å². The molecule has 0 saturated carbocycles. The summed E-state index contributed by atoms with van der Waals surface area (Å²) in [5, 5.41) is 3.22. The monoisotopic (exact) mass is 396 g/mol. The third-order valence-corrected chi connectivity index (χ3v) is 5.31. The maximum Gasteiger partial charge on any atom is 0.423 e. The van der Waals surface area contributed by atoms with Gasteiger partial charge in [-0.25, -0.2) is 8.42 Å². The lowest BCUT2D eigenvalue weighted by Crippen LogP contribution is -2.18. The highest BCUT2D eigenvalue weighted by atomic mass is 32.2. The van der Waals surface area contributed by atoms with Crippen LogP contribution in [-0.2, 0) is 16.2 Å². The number of benzene rings is 2. The van der Waals surface area contributed by atoms with Gasteiger partial charge in [-0.1, -0.05) is 53.2 Å². The minimum atomic E-state index is -4.81. The summed E-state index contributed by atoms with van der Waals surface area (Å²) in [7, 11) is -4.34. The van der Waals surface area contributed by atoms with Crippen molar-refractivity contribution in [2.24, 2.45) is 0 Å². The Labute approximate surface area is 153 Å². The first kappa shape index (κ1) is 19.0. The standard InChI is InChI=1S/C18H15F3N2O3S/c1-11-7-9-13(10-8-11)14-5-3-4-6-15(14)27(24,25)23-17-16(18(19,20)21)12(2)26-22-17/h3-10H,1-2H3,(H,22,23). The third-order valence-electron chi connectivity index (χ3n) is 3.92. The molecular formula is C18H15F3N2O3S. The highest BCUT2D eigenvalue weighted by Gasteiger charge is 2.40. The van der Waals surface area contributed by atoms with E-state index in [0.29, 0.717) is 11.1 Å². The van der Waals surface area contributed by atoms with Gasteiger partial charge in [-0.2, -0.15) is 13.2 Å². The molecular weight excluding hydrogens is 381 g/mol. The normalized spacial score (nSPS) is 12.2. The zero-order chi connectivity index (χ0) is 19.8. The lowest BCUT2D eigenvalue weighted by Gasteiger charge is -2.13.